The number of aliphatic hydroxyl groups is 2. The molecule has 7 rings (SSSR count). The first-order valence-electron chi connectivity index (χ1n) is 20.4. The predicted molar refractivity (Wildman–Crippen MR) is 210 cm³/mol. The number of phenols is 2. The average Bonchev–Trinajstić information content (AvgIpc) is 3.18. The smallest absolute Gasteiger partial charge is 0.316 e. The Morgan fingerprint density at radius 1 is 0.932 bits per heavy atom. The first kappa shape index (κ1) is 43.3. The predicted octanol–water partition coefficient (Wildman–Crippen LogP) is 3.66. The van der Waals surface area contributed by atoms with Crippen LogP contribution in [0, 0.1) is 0 Å². The van der Waals surface area contributed by atoms with Crippen molar-refractivity contribution in [3.05, 3.63) is 57.6 Å². The van der Waals surface area contributed by atoms with Crippen LogP contribution in [0.5, 0.6) is 11.5 Å². The Labute approximate surface area is 343 Å². The van der Waals surface area contributed by atoms with Crippen LogP contribution < -0.4 is 0 Å². The lowest BCUT2D eigenvalue weighted by Gasteiger charge is -2.48. The highest BCUT2D eigenvalue weighted by Gasteiger charge is 2.53. The van der Waals surface area contributed by atoms with Crippen molar-refractivity contribution in [1.82, 2.24) is 4.90 Å². The molecule has 2 aliphatic carbocycles. The minimum Gasteiger partial charge on any atom is -0.507 e. The first-order chi connectivity index (χ1) is 28.0. The molecule has 16 heteroatoms. The van der Waals surface area contributed by atoms with Crippen molar-refractivity contribution in [3.8, 4) is 11.5 Å². The number of carbonyl (C=O) groups is 3. The molecule has 0 spiro atoms. The minimum absolute atomic E-state index is 0.0377. The normalized spacial score (nSPS) is 36.6. The van der Waals surface area contributed by atoms with E-state index >= 15 is 0 Å². The Bertz CT molecular complexity index is 1970. The van der Waals surface area contributed by atoms with Crippen molar-refractivity contribution in [3.63, 3.8) is 0 Å². The molecule has 2 aromatic carbocycles. The van der Waals surface area contributed by atoms with Crippen LogP contribution in [0.4, 0.5) is 0 Å². The van der Waals surface area contributed by atoms with Crippen molar-refractivity contribution in [2.24, 2.45) is 4.99 Å². The summed E-state index contributed by atoms with van der Waals surface area (Å²) in [5.74, 6) is -4.55. The van der Waals surface area contributed by atoms with Gasteiger partial charge < -0.3 is 58.5 Å². The number of rotatable bonds is 9. The number of likely N-dealkylation sites (N-methyl/N-ethyl adjacent to an activating group) is 1. The summed E-state index contributed by atoms with van der Waals surface area (Å²) in [6, 6.07) is 5.16. The largest absolute Gasteiger partial charge is 0.507 e. The SMILES string of the molecule is CC[C@@]1(O)C[C@H](O[C@H]2C[C@@H](N(C)C)C(O[C@H]3C[C@@H](O)C(O[C@H]4CCC(=NC)C(C)O4)C(C)O3)C(C)O2)c2c(cc3c(c2O)C(=O)c2c(O)cccc2C3=O)[C@H]1C(=O)OC. The number of benzene rings is 2. The maximum absolute atomic E-state index is 13.9. The van der Waals surface area contributed by atoms with Crippen molar-refractivity contribution in [2.45, 2.75) is 145 Å². The molecule has 3 fully saturated rings. The number of nitrogens with zero attached hydrogens (tertiary/aromatic N) is 2. The summed E-state index contributed by atoms with van der Waals surface area (Å²) in [6.07, 6.45) is -5.09. The number of ketones is 2. The van der Waals surface area contributed by atoms with Gasteiger partial charge in [0.25, 0.3) is 0 Å². The molecule has 3 saturated heterocycles. The second kappa shape index (κ2) is 16.9. The van der Waals surface area contributed by atoms with E-state index in [2.05, 4.69) is 4.99 Å². The Morgan fingerprint density at radius 3 is 2.24 bits per heavy atom. The lowest BCUT2D eigenvalue weighted by molar-refractivity contribution is -0.324. The van der Waals surface area contributed by atoms with Gasteiger partial charge in [-0.3, -0.25) is 19.4 Å². The maximum Gasteiger partial charge on any atom is 0.316 e. The van der Waals surface area contributed by atoms with E-state index in [1.807, 2.05) is 39.8 Å². The van der Waals surface area contributed by atoms with E-state index in [0.717, 1.165) is 12.1 Å². The zero-order chi connectivity index (χ0) is 42.7. The monoisotopic (exact) mass is 824 g/mol. The highest BCUT2D eigenvalue weighted by atomic mass is 16.7. The number of aromatic hydroxyl groups is 2. The number of ether oxygens (including phenoxy) is 7. The second-order valence-corrected chi connectivity index (χ2v) is 16.5. The molecule has 0 bridgehead atoms. The number of aliphatic hydroxyl groups excluding tert-OH is 1. The third kappa shape index (κ3) is 7.83. The van der Waals surface area contributed by atoms with Gasteiger partial charge in [0.15, 0.2) is 24.7 Å². The van der Waals surface area contributed by atoms with Crippen LogP contribution in [-0.2, 0) is 38.0 Å². The number of aliphatic imine (C=N–C) groups is 1. The van der Waals surface area contributed by atoms with Gasteiger partial charge in [0.1, 0.15) is 29.6 Å². The third-order valence-corrected chi connectivity index (χ3v) is 12.7. The number of methoxy groups -OCH3 is 1. The Hall–Kier alpha value is -3.84. The molecule has 13 atom stereocenters. The fourth-order valence-electron chi connectivity index (χ4n) is 9.57. The van der Waals surface area contributed by atoms with Crippen LogP contribution in [0.15, 0.2) is 29.3 Å². The standard InChI is InChI=1S/C43H56N2O14/c1-9-43(52)18-29(34-23(36(43)42(51)53-8)15-24-35(39(34)50)38(49)33-22(37(24)48)11-10-12-27(33)46)57-31-16-26(45(6)7)40(20(3)55-31)59-32-17-28(47)41(21(4)56-32)58-30-14-13-25(44-5)19(2)54-30/h10-12,15,19-21,26,28-32,36,40-41,46-47,50,52H,9,13-14,16-18H2,1-8H3/t19?,20?,21?,26-,28-,29+,30+,31+,32+,36+,40?,41?,43-/m1/s1. The van der Waals surface area contributed by atoms with Gasteiger partial charge in [0.05, 0.1) is 54.4 Å². The number of hydrogen-bond donors (Lipinski definition) is 4. The average molecular weight is 825 g/mol. The first-order valence-corrected chi connectivity index (χ1v) is 20.4. The summed E-state index contributed by atoms with van der Waals surface area (Å²) in [7, 11) is 6.70. The summed E-state index contributed by atoms with van der Waals surface area (Å²) in [4.78, 5) is 47.5. The van der Waals surface area contributed by atoms with Crippen molar-refractivity contribution >= 4 is 23.2 Å². The van der Waals surface area contributed by atoms with Crippen LogP contribution in [0.3, 0.4) is 0 Å². The van der Waals surface area contributed by atoms with Gasteiger partial charge in [-0.15, -0.1) is 0 Å². The minimum atomic E-state index is -1.75. The van der Waals surface area contributed by atoms with Crippen LogP contribution in [0.1, 0.15) is 121 Å². The summed E-state index contributed by atoms with van der Waals surface area (Å²) in [5, 5.41) is 46.0. The Kier molecular flexibility index (Phi) is 12.4. The number of fused-ring (bicyclic) bond motifs is 3. The van der Waals surface area contributed by atoms with Crippen LogP contribution >= 0.6 is 0 Å². The second-order valence-electron chi connectivity index (χ2n) is 16.5. The molecule has 16 nitrogen and oxygen atoms in total. The van der Waals surface area contributed by atoms with Gasteiger partial charge >= 0.3 is 5.97 Å². The molecule has 0 aromatic heterocycles. The lowest BCUT2D eigenvalue weighted by atomic mass is 9.67. The molecule has 4 N–H and O–H groups in total. The topological polar surface area (TPSA) is 212 Å². The molecule has 3 heterocycles. The molecule has 5 aliphatic rings. The summed E-state index contributed by atoms with van der Waals surface area (Å²) in [6.45, 7) is 7.28. The van der Waals surface area contributed by atoms with Crippen LogP contribution in [-0.4, -0.2) is 144 Å². The molecule has 2 aromatic rings. The fraction of sp³-hybridized carbons (Fsp3) is 0.628. The number of esters is 1. The zero-order valence-corrected chi connectivity index (χ0v) is 34.7. The van der Waals surface area contributed by atoms with E-state index in [1.54, 1.807) is 14.0 Å². The van der Waals surface area contributed by atoms with Gasteiger partial charge in [-0.25, -0.2) is 0 Å². The highest BCUT2D eigenvalue weighted by Crippen LogP contribution is 2.54. The van der Waals surface area contributed by atoms with Gasteiger partial charge in [-0.05, 0) is 65.4 Å². The Morgan fingerprint density at radius 2 is 1.61 bits per heavy atom. The number of phenolic OH excluding ortho intramolecular Hbond substituents is 2. The van der Waals surface area contributed by atoms with Crippen molar-refractivity contribution < 1.29 is 68.0 Å². The van der Waals surface area contributed by atoms with E-state index in [9.17, 15) is 34.8 Å². The maximum atomic E-state index is 13.9. The lowest BCUT2D eigenvalue weighted by Crippen LogP contribution is -2.58. The van der Waals surface area contributed by atoms with E-state index < -0.39 is 96.0 Å². The Balaban J connectivity index is 1.12. The van der Waals surface area contributed by atoms with Crippen molar-refractivity contribution in [1.29, 1.82) is 0 Å². The number of hydrogen-bond acceptors (Lipinski definition) is 16. The molecule has 5 unspecified atom stereocenters. The van der Waals surface area contributed by atoms with Crippen molar-refractivity contribution in [2.75, 3.05) is 28.3 Å². The summed E-state index contributed by atoms with van der Waals surface area (Å²) >= 11 is 0. The third-order valence-electron chi connectivity index (χ3n) is 12.7. The van der Waals surface area contributed by atoms with Gasteiger partial charge in [0.2, 0.25) is 5.78 Å². The molecule has 0 saturated carbocycles. The molecule has 59 heavy (non-hydrogen) atoms. The molecule has 0 amide bonds. The fourth-order valence-corrected chi connectivity index (χ4v) is 9.57. The van der Waals surface area contributed by atoms with Gasteiger partial charge in [-0.2, -0.15) is 0 Å². The molecular formula is C43H56N2O14. The molecular weight excluding hydrogens is 768 g/mol. The van der Waals surface area contributed by atoms with E-state index in [-0.39, 0.29) is 71.2 Å². The summed E-state index contributed by atoms with van der Waals surface area (Å²) < 4.78 is 43.3. The zero-order valence-electron chi connectivity index (χ0n) is 34.7. The van der Waals surface area contributed by atoms with Gasteiger partial charge in [-0.1, -0.05) is 19.1 Å². The van der Waals surface area contributed by atoms with E-state index in [0.29, 0.717) is 6.42 Å². The van der Waals surface area contributed by atoms with E-state index in [1.165, 1.54) is 31.4 Å². The van der Waals surface area contributed by atoms with E-state index in [4.69, 9.17) is 33.2 Å². The highest BCUT2D eigenvalue weighted by molar-refractivity contribution is 6.30. The quantitative estimate of drug-likeness (QED) is 0.227. The molecule has 3 aliphatic heterocycles. The van der Waals surface area contributed by atoms with Crippen LogP contribution in [0.25, 0.3) is 0 Å². The number of carbonyl (C=O) groups excluding carboxylic acids is 3. The molecule has 0 radical (unpaired) electrons. The van der Waals surface area contributed by atoms with Crippen LogP contribution in [0.2, 0.25) is 0 Å². The van der Waals surface area contributed by atoms with Gasteiger partial charge in [0, 0.05) is 61.2 Å². The summed E-state index contributed by atoms with van der Waals surface area (Å²) in [5.41, 5.74) is -1.46. The molecule has 322 valence electrons.